The molecule has 0 saturated carbocycles. The van der Waals surface area contributed by atoms with Gasteiger partial charge in [0.05, 0.1) is 10.6 Å². The van der Waals surface area contributed by atoms with Crippen molar-refractivity contribution in [1.29, 1.82) is 0 Å². The number of urea groups is 1. The maximum Gasteiger partial charge on any atom is 0.317 e. The molecule has 1 aliphatic heterocycles. The van der Waals surface area contributed by atoms with Crippen LogP contribution in [0.5, 0.6) is 0 Å². The van der Waals surface area contributed by atoms with Crippen LogP contribution in [-0.4, -0.2) is 70.3 Å². The summed E-state index contributed by atoms with van der Waals surface area (Å²) >= 11 is 0. The number of amides is 2. The molecule has 1 unspecified atom stereocenters. The quantitative estimate of drug-likeness (QED) is 0.751. The van der Waals surface area contributed by atoms with Crippen molar-refractivity contribution in [2.45, 2.75) is 17.7 Å². The zero-order valence-corrected chi connectivity index (χ0v) is 18.6. The third kappa shape index (κ3) is 6.07. The summed E-state index contributed by atoms with van der Waals surface area (Å²) in [7, 11) is 0.490. The molecule has 1 fully saturated rings. The second kappa shape index (κ2) is 10.3. The third-order valence-corrected chi connectivity index (χ3v) is 7.12. The van der Waals surface area contributed by atoms with E-state index in [-0.39, 0.29) is 30.1 Å². The van der Waals surface area contributed by atoms with Crippen LogP contribution in [0.15, 0.2) is 47.4 Å². The molecular weight excluding hydrogens is 410 g/mol. The second-order valence-electron chi connectivity index (χ2n) is 7.75. The fourth-order valence-electron chi connectivity index (χ4n) is 3.75. The fourth-order valence-corrected chi connectivity index (χ4v) is 5.63. The van der Waals surface area contributed by atoms with Crippen molar-refractivity contribution >= 4 is 39.0 Å². The van der Waals surface area contributed by atoms with E-state index in [1.807, 2.05) is 49.3 Å². The van der Waals surface area contributed by atoms with E-state index in [1.165, 1.54) is 0 Å². The first-order valence-corrected chi connectivity index (χ1v) is 11.4. The first kappa shape index (κ1) is 23.4. The van der Waals surface area contributed by atoms with Gasteiger partial charge in [0, 0.05) is 31.6 Å². The zero-order chi connectivity index (χ0) is 20.1. The standard InChI is InChI=1S/C21H29N3O3S.ClH/c1-23(2)14-12-22-21(25)24-13-6-7-17(15-24)16-28(26,27)20-11-5-9-18-8-3-4-10-19(18)20;/h3-5,8-11,17H,6-7,12-16H2,1-2H3,(H,22,25);1H. The average molecular weight is 440 g/mol. The van der Waals surface area contributed by atoms with Crippen LogP contribution in [0.1, 0.15) is 12.8 Å². The van der Waals surface area contributed by atoms with Crippen LogP contribution in [0.2, 0.25) is 0 Å². The molecule has 0 aromatic heterocycles. The molecule has 1 saturated heterocycles. The number of fused-ring (bicyclic) bond motifs is 1. The number of hydrogen-bond acceptors (Lipinski definition) is 4. The molecule has 6 nitrogen and oxygen atoms in total. The van der Waals surface area contributed by atoms with E-state index in [9.17, 15) is 13.2 Å². The number of piperidine rings is 1. The fraction of sp³-hybridized carbons (Fsp3) is 0.476. The van der Waals surface area contributed by atoms with Crippen LogP contribution < -0.4 is 5.32 Å². The lowest BCUT2D eigenvalue weighted by atomic mass is 10.0. The Bertz CT molecular complexity index is 928. The van der Waals surface area contributed by atoms with Gasteiger partial charge in [0.15, 0.2) is 9.84 Å². The molecule has 1 N–H and O–H groups in total. The molecule has 1 atom stereocenters. The maximum absolute atomic E-state index is 13.1. The molecule has 3 rings (SSSR count). The first-order valence-electron chi connectivity index (χ1n) is 9.75. The number of halogens is 1. The third-order valence-electron chi connectivity index (χ3n) is 5.18. The number of carbonyl (C=O) groups is 1. The van der Waals surface area contributed by atoms with Crippen LogP contribution in [0.25, 0.3) is 10.8 Å². The number of likely N-dealkylation sites (N-methyl/N-ethyl adjacent to an activating group) is 1. The van der Waals surface area contributed by atoms with Crippen molar-refractivity contribution in [3.8, 4) is 0 Å². The highest BCUT2D eigenvalue weighted by molar-refractivity contribution is 7.91. The smallest absolute Gasteiger partial charge is 0.317 e. The predicted octanol–water partition coefficient (Wildman–Crippen LogP) is 3.02. The van der Waals surface area contributed by atoms with Gasteiger partial charge in [0.2, 0.25) is 0 Å². The summed E-state index contributed by atoms with van der Waals surface area (Å²) in [6.45, 7) is 2.52. The van der Waals surface area contributed by atoms with Crippen molar-refractivity contribution < 1.29 is 13.2 Å². The van der Waals surface area contributed by atoms with E-state index in [4.69, 9.17) is 0 Å². The predicted molar refractivity (Wildman–Crippen MR) is 119 cm³/mol. The first-order chi connectivity index (χ1) is 13.4. The maximum atomic E-state index is 13.1. The van der Waals surface area contributed by atoms with E-state index >= 15 is 0 Å². The summed E-state index contributed by atoms with van der Waals surface area (Å²) in [4.78, 5) is 16.5. The highest BCUT2D eigenvalue weighted by Gasteiger charge is 2.29. The van der Waals surface area contributed by atoms with Crippen LogP contribution in [-0.2, 0) is 9.84 Å². The Hall–Kier alpha value is -1.83. The number of likely N-dealkylation sites (tertiary alicyclic amines) is 1. The Morgan fingerprint density at radius 2 is 1.90 bits per heavy atom. The minimum atomic E-state index is -3.43. The molecule has 2 aromatic rings. The van der Waals surface area contributed by atoms with Gasteiger partial charge in [0.25, 0.3) is 0 Å². The normalized spacial score (nSPS) is 17.2. The van der Waals surface area contributed by atoms with Gasteiger partial charge >= 0.3 is 6.03 Å². The second-order valence-corrected chi connectivity index (χ2v) is 9.75. The Labute approximate surface area is 179 Å². The Balaban J connectivity index is 0.00000300. The Morgan fingerprint density at radius 3 is 2.66 bits per heavy atom. The summed E-state index contributed by atoms with van der Waals surface area (Å²) in [6, 6.07) is 12.9. The Kier molecular flexibility index (Phi) is 8.31. The van der Waals surface area contributed by atoms with E-state index in [2.05, 4.69) is 5.32 Å². The lowest BCUT2D eigenvalue weighted by Crippen LogP contribution is -2.47. The number of rotatable bonds is 6. The van der Waals surface area contributed by atoms with E-state index in [0.717, 1.165) is 30.2 Å². The van der Waals surface area contributed by atoms with Gasteiger partial charge in [-0.2, -0.15) is 0 Å². The molecule has 160 valence electrons. The van der Waals surface area contributed by atoms with Crippen molar-refractivity contribution in [1.82, 2.24) is 15.1 Å². The summed E-state index contributed by atoms with van der Waals surface area (Å²) < 4.78 is 26.2. The van der Waals surface area contributed by atoms with Crippen LogP contribution in [0.3, 0.4) is 0 Å². The van der Waals surface area contributed by atoms with Gasteiger partial charge < -0.3 is 15.1 Å². The van der Waals surface area contributed by atoms with Crippen molar-refractivity contribution in [3.63, 3.8) is 0 Å². The molecule has 0 aliphatic carbocycles. The van der Waals surface area contributed by atoms with Crippen molar-refractivity contribution in [2.24, 2.45) is 5.92 Å². The largest absolute Gasteiger partial charge is 0.337 e. The number of nitrogens with zero attached hydrogens (tertiary/aromatic N) is 2. The van der Waals surface area contributed by atoms with Gasteiger partial charge in [0.1, 0.15) is 0 Å². The molecule has 0 radical (unpaired) electrons. The number of sulfone groups is 1. The zero-order valence-electron chi connectivity index (χ0n) is 17.0. The van der Waals surface area contributed by atoms with Crippen molar-refractivity contribution in [2.75, 3.05) is 46.0 Å². The number of nitrogens with one attached hydrogen (secondary N) is 1. The number of hydrogen-bond donors (Lipinski definition) is 1. The van der Waals surface area contributed by atoms with Crippen LogP contribution in [0.4, 0.5) is 4.79 Å². The lowest BCUT2D eigenvalue weighted by Gasteiger charge is -2.32. The number of carbonyl (C=O) groups excluding carboxylic acids is 1. The van der Waals surface area contributed by atoms with Gasteiger partial charge in [-0.1, -0.05) is 36.4 Å². The molecule has 1 heterocycles. The average Bonchev–Trinajstić information content (AvgIpc) is 2.67. The summed E-state index contributed by atoms with van der Waals surface area (Å²) in [5.74, 6) is 0.0278. The summed E-state index contributed by atoms with van der Waals surface area (Å²) in [6.07, 6.45) is 1.66. The van der Waals surface area contributed by atoms with E-state index in [0.29, 0.717) is 24.5 Å². The molecule has 2 amide bonds. The van der Waals surface area contributed by atoms with E-state index < -0.39 is 9.84 Å². The molecule has 8 heteroatoms. The van der Waals surface area contributed by atoms with Gasteiger partial charge in [-0.25, -0.2) is 13.2 Å². The molecule has 0 spiro atoms. The molecule has 1 aliphatic rings. The Morgan fingerprint density at radius 1 is 1.17 bits per heavy atom. The van der Waals surface area contributed by atoms with Crippen molar-refractivity contribution in [3.05, 3.63) is 42.5 Å². The van der Waals surface area contributed by atoms with Crippen LogP contribution in [0, 0.1) is 5.92 Å². The van der Waals surface area contributed by atoms with Gasteiger partial charge in [-0.15, -0.1) is 12.4 Å². The minimum Gasteiger partial charge on any atom is -0.337 e. The van der Waals surface area contributed by atoms with Gasteiger partial charge in [-0.3, -0.25) is 0 Å². The summed E-state index contributed by atoms with van der Waals surface area (Å²) in [5, 5.41) is 4.61. The number of benzene rings is 2. The summed E-state index contributed by atoms with van der Waals surface area (Å²) in [5.41, 5.74) is 0. The highest BCUT2D eigenvalue weighted by Crippen LogP contribution is 2.27. The topological polar surface area (TPSA) is 69.7 Å². The molecule has 2 aromatic carbocycles. The van der Waals surface area contributed by atoms with Gasteiger partial charge in [-0.05, 0) is 44.3 Å². The monoisotopic (exact) mass is 439 g/mol. The van der Waals surface area contributed by atoms with E-state index in [1.54, 1.807) is 17.0 Å². The molecule has 29 heavy (non-hydrogen) atoms. The molecule has 0 bridgehead atoms. The minimum absolute atomic E-state index is 0. The lowest BCUT2D eigenvalue weighted by molar-refractivity contribution is 0.169. The SMILES string of the molecule is CN(C)CCNC(=O)N1CCCC(CS(=O)(=O)c2cccc3ccccc23)C1.Cl. The molecular formula is C21H30ClN3O3S. The highest BCUT2D eigenvalue weighted by atomic mass is 35.5. The van der Waals surface area contributed by atoms with Crippen LogP contribution >= 0.6 is 12.4 Å².